The molecular formula is C10H14Br2N2. The maximum atomic E-state index is 4.40. The van der Waals surface area contributed by atoms with E-state index in [1.807, 2.05) is 6.20 Å². The van der Waals surface area contributed by atoms with E-state index in [9.17, 15) is 0 Å². The number of pyridine rings is 1. The van der Waals surface area contributed by atoms with Crippen LogP contribution in [0.4, 0.5) is 5.82 Å². The highest BCUT2D eigenvalue weighted by molar-refractivity contribution is 9.10. The van der Waals surface area contributed by atoms with Crippen molar-refractivity contribution in [1.82, 2.24) is 4.98 Å². The van der Waals surface area contributed by atoms with E-state index in [2.05, 4.69) is 68.7 Å². The van der Waals surface area contributed by atoms with Gasteiger partial charge in [0.05, 0.1) is 0 Å². The molecule has 0 aromatic carbocycles. The second-order valence-corrected chi connectivity index (χ2v) is 4.97. The fourth-order valence-electron chi connectivity index (χ4n) is 1.21. The molecule has 0 aliphatic rings. The van der Waals surface area contributed by atoms with E-state index < -0.39 is 0 Å². The van der Waals surface area contributed by atoms with Crippen LogP contribution in [0, 0.1) is 6.92 Å². The summed E-state index contributed by atoms with van der Waals surface area (Å²) < 4.78 is 1.03. The second-order valence-electron chi connectivity index (χ2n) is 3.41. The van der Waals surface area contributed by atoms with Gasteiger partial charge in [-0.05, 0) is 41.4 Å². The maximum absolute atomic E-state index is 4.40. The van der Waals surface area contributed by atoms with Gasteiger partial charge in [0.2, 0.25) is 0 Å². The number of hydrogen-bond acceptors (Lipinski definition) is 2. The summed E-state index contributed by atoms with van der Waals surface area (Å²) in [6.07, 6.45) is 1.83. The van der Waals surface area contributed by atoms with E-state index in [-0.39, 0.29) is 0 Å². The summed E-state index contributed by atoms with van der Waals surface area (Å²) in [5.74, 6) is 1.04. The van der Waals surface area contributed by atoms with Crippen molar-refractivity contribution in [3.63, 3.8) is 0 Å². The number of hydrogen-bond donors (Lipinski definition) is 0. The van der Waals surface area contributed by atoms with Crippen LogP contribution in [-0.2, 0) is 0 Å². The Labute approximate surface area is 102 Å². The van der Waals surface area contributed by atoms with Crippen molar-refractivity contribution in [2.24, 2.45) is 0 Å². The molecule has 1 unspecified atom stereocenters. The van der Waals surface area contributed by atoms with Crippen LogP contribution in [0.1, 0.15) is 12.5 Å². The molecule has 1 aromatic heterocycles. The van der Waals surface area contributed by atoms with Gasteiger partial charge in [-0.25, -0.2) is 4.98 Å². The number of aryl methyl sites for hydroxylation is 1. The minimum atomic E-state index is 0.447. The van der Waals surface area contributed by atoms with Gasteiger partial charge in [-0.1, -0.05) is 15.9 Å². The van der Waals surface area contributed by atoms with Crippen molar-refractivity contribution in [1.29, 1.82) is 0 Å². The van der Waals surface area contributed by atoms with Crippen molar-refractivity contribution >= 4 is 37.7 Å². The Kier molecular flexibility index (Phi) is 4.38. The highest BCUT2D eigenvalue weighted by Crippen LogP contribution is 2.21. The summed E-state index contributed by atoms with van der Waals surface area (Å²) in [6, 6.07) is 2.53. The van der Waals surface area contributed by atoms with Gasteiger partial charge in [-0.15, -0.1) is 0 Å². The number of alkyl halides is 1. The van der Waals surface area contributed by atoms with E-state index >= 15 is 0 Å². The van der Waals surface area contributed by atoms with E-state index in [4.69, 9.17) is 0 Å². The van der Waals surface area contributed by atoms with Gasteiger partial charge in [-0.2, -0.15) is 0 Å². The minimum absolute atomic E-state index is 0.447. The number of halogens is 2. The number of aromatic nitrogens is 1. The molecule has 0 radical (unpaired) electrons. The molecule has 0 saturated heterocycles. The number of anilines is 1. The molecule has 0 amide bonds. The third-order valence-corrected chi connectivity index (χ3v) is 3.61. The predicted molar refractivity (Wildman–Crippen MR) is 68.3 cm³/mol. The van der Waals surface area contributed by atoms with E-state index in [0.717, 1.165) is 15.6 Å². The predicted octanol–water partition coefficient (Wildman–Crippen LogP) is 3.37. The van der Waals surface area contributed by atoms with Crippen LogP contribution in [-0.4, -0.2) is 23.4 Å². The summed E-state index contributed by atoms with van der Waals surface area (Å²) in [7, 11) is 2.06. The molecule has 0 aliphatic heterocycles. The number of nitrogens with zero attached hydrogens (tertiary/aromatic N) is 2. The first-order valence-electron chi connectivity index (χ1n) is 4.47. The lowest BCUT2D eigenvalue weighted by molar-refractivity contribution is 0.754. The van der Waals surface area contributed by atoms with Crippen molar-refractivity contribution in [3.8, 4) is 0 Å². The van der Waals surface area contributed by atoms with Crippen LogP contribution in [0.2, 0.25) is 0 Å². The van der Waals surface area contributed by atoms with Crippen LogP contribution < -0.4 is 4.90 Å². The molecule has 0 saturated carbocycles. The van der Waals surface area contributed by atoms with Gasteiger partial charge >= 0.3 is 0 Å². The largest absolute Gasteiger partial charge is 0.356 e. The van der Waals surface area contributed by atoms with Crippen LogP contribution in [0.25, 0.3) is 0 Å². The van der Waals surface area contributed by atoms with E-state index in [1.54, 1.807) is 0 Å². The highest BCUT2D eigenvalue weighted by atomic mass is 79.9. The average Bonchev–Trinajstić information content (AvgIpc) is 2.15. The second kappa shape index (κ2) is 5.12. The molecule has 1 aromatic rings. The molecule has 78 valence electrons. The summed E-state index contributed by atoms with van der Waals surface area (Å²) in [4.78, 5) is 6.58. The molecular weight excluding hydrogens is 308 g/mol. The summed E-state index contributed by atoms with van der Waals surface area (Å²) >= 11 is 6.88. The average molecular weight is 322 g/mol. The van der Waals surface area contributed by atoms with Gasteiger partial charge < -0.3 is 4.90 Å². The van der Waals surface area contributed by atoms with Crippen LogP contribution in [0.5, 0.6) is 0 Å². The van der Waals surface area contributed by atoms with Crippen molar-refractivity contribution in [2.45, 2.75) is 19.9 Å². The van der Waals surface area contributed by atoms with Crippen molar-refractivity contribution in [3.05, 3.63) is 22.3 Å². The zero-order chi connectivity index (χ0) is 10.7. The van der Waals surface area contributed by atoms with E-state index in [1.165, 1.54) is 5.56 Å². The smallest absolute Gasteiger partial charge is 0.131 e. The lowest BCUT2D eigenvalue weighted by Crippen LogP contribution is -2.31. The summed E-state index contributed by atoms with van der Waals surface area (Å²) in [5, 5.41) is 0.945. The Morgan fingerprint density at radius 1 is 1.57 bits per heavy atom. The van der Waals surface area contributed by atoms with Crippen molar-refractivity contribution < 1.29 is 0 Å². The van der Waals surface area contributed by atoms with Gasteiger partial charge in [0.1, 0.15) is 5.82 Å². The Hall–Kier alpha value is -0.0900. The van der Waals surface area contributed by atoms with Gasteiger partial charge in [-0.3, -0.25) is 0 Å². The topological polar surface area (TPSA) is 16.1 Å². The molecule has 14 heavy (non-hydrogen) atoms. The Morgan fingerprint density at radius 2 is 2.21 bits per heavy atom. The van der Waals surface area contributed by atoms with Gasteiger partial charge in [0.25, 0.3) is 0 Å². The van der Waals surface area contributed by atoms with E-state index in [0.29, 0.717) is 6.04 Å². The van der Waals surface area contributed by atoms with Crippen molar-refractivity contribution in [2.75, 3.05) is 17.3 Å². The number of rotatable bonds is 3. The summed E-state index contributed by atoms with van der Waals surface area (Å²) in [5.41, 5.74) is 1.19. The fourth-order valence-corrected chi connectivity index (χ4v) is 2.09. The zero-order valence-electron chi connectivity index (χ0n) is 8.59. The SMILES string of the molecule is Cc1cc(Br)cnc1N(C)C(C)CBr. The Balaban J connectivity index is 2.95. The molecule has 1 heterocycles. The maximum Gasteiger partial charge on any atom is 0.131 e. The molecule has 1 atom stereocenters. The first-order chi connectivity index (χ1) is 6.56. The highest BCUT2D eigenvalue weighted by Gasteiger charge is 2.11. The van der Waals surface area contributed by atoms with Crippen LogP contribution in [0.3, 0.4) is 0 Å². The first kappa shape index (κ1) is 12.0. The molecule has 0 N–H and O–H groups in total. The zero-order valence-corrected chi connectivity index (χ0v) is 11.8. The van der Waals surface area contributed by atoms with Gasteiger partial charge in [0.15, 0.2) is 0 Å². The third-order valence-electron chi connectivity index (χ3n) is 2.24. The fraction of sp³-hybridized carbons (Fsp3) is 0.500. The molecule has 2 nitrogen and oxygen atoms in total. The molecule has 0 bridgehead atoms. The lowest BCUT2D eigenvalue weighted by atomic mass is 10.2. The molecule has 0 aliphatic carbocycles. The standard InChI is InChI=1S/C10H14Br2N2/c1-7-4-9(12)6-13-10(7)14(3)8(2)5-11/h4,6,8H,5H2,1-3H3. The van der Waals surface area contributed by atoms with Crippen LogP contribution >= 0.6 is 31.9 Å². The Morgan fingerprint density at radius 3 is 2.71 bits per heavy atom. The molecule has 4 heteroatoms. The van der Waals surface area contributed by atoms with Gasteiger partial charge in [0, 0.05) is 29.1 Å². The normalized spacial score (nSPS) is 12.6. The summed E-state index contributed by atoms with van der Waals surface area (Å²) in [6.45, 7) is 4.24. The molecule has 1 rings (SSSR count). The monoisotopic (exact) mass is 320 g/mol. The lowest BCUT2D eigenvalue weighted by Gasteiger charge is -2.25. The molecule has 0 fully saturated rings. The first-order valence-corrected chi connectivity index (χ1v) is 6.38. The minimum Gasteiger partial charge on any atom is -0.356 e. The van der Waals surface area contributed by atoms with Crippen LogP contribution in [0.15, 0.2) is 16.7 Å². The molecule has 0 spiro atoms. The quantitative estimate of drug-likeness (QED) is 0.793. The Bertz CT molecular complexity index is 315. The third kappa shape index (κ3) is 2.70.